The van der Waals surface area contributed by atoms with Gasteiger partial charge in [-0.3, -0.25) is 0 Å². The molecule has 1 N–H and O–H groups in total. The molecule has 1 aromatic heterocycles. The first-order valence-corrected chi connectivity index (χ1v) is 8.44. The maximum atomic E-state index is 12.2. The van der Waals surface area contributed by atoms with Crippen LogP contribution in [0.25, 0.3) is 0 Å². The van der Waals surface area contributed by atoms with Crippen LogP contribution in [0.15, 0.2) is 11.0 Å². The van der Waals surface area contributed by atoms with Crippen molar-refractivity contribution >= 4 is 33.0 Å². The lowest BCUT2D eigenvalue weighted by atomic mass is 10.4. The number of halogens is 1. The summed E-state index contributed by atoms with van der Waals surface area (Å²) in [4.78, 5) is 1.84. The van der Waals surface area contributed by atoms with Crippen LogP contribution < -0.4 is 4.72 Å². The van der Waals surface area contributed by atoms with Crippen molar-refractivity contribution in [2.45, 2.75) is 23.8 Å². The highest BCUT2D eigenvalue weighted by Crippen LogP contribution is 2.26. The Hall–Kier alpha value is -0.180. The molecule has 0 aromatic carbocycles. The van der Waals surface area contributed by atoms with E-state index in [2.05, 4.69) is 4.72 Å². The van der Waals surface area contributed by atoms with Gasteiger partial charge >= 0.3 is 0 Å². The van der Waals surface area contributed by atoms with Crippen LogP contribution in [0.3, 0.4) is 0 Å². The summed E-state index contributed by atoms with van der Waals surface area (Å²) in [6.07, 6.45) is -0.314. The lowest BCUT2D eigenvalue weighted by Gasteiger charge is -2.15. The molecule has 0 amide bonds. The molecule has 0 aliphatic carbocycles. The van der Waals surface area contributed by atoms with Gasteiger partial charge in [0.15, 0.2) is 0 Å². The number of rotatable bonds is 8. The van der Waals surface area contributed by atoms with Gasteiger partial charge in [0.2, 0.25) is 10.0 Å². The highest BCUT2D eigenvalue weighted by atomic mass is 35.5. The maximum absolute atomic E-state index is 12.2. The van der Waals surface area contributed by atoms with E-state index in [0.717, 1.165) is 9.75 Å². The molecule has 110 valence electrons. The third-order valence-electron chi connectivity index (χ3n) is 2.53. The molecule has 0 fully saturated rings. The standard InChI is InChI=1S/C11H18ClNO4S2/c1-8-11(4-10(5-12)18-8)19(14,15)13-6-9(17-3)7-16-2/h4,9,13H,5-7H2,1-3H3. The van der Waals surface area contributed by atoms with Gasteiger partial charge in [-0.05, 0) is 13.0 Å². The first-order valence-electron chi connectivity index (χ1n) is 5.61. The van der Waals surface area contributed by atoms with Crippen molar-refractivity contribution in [2.24, 2.45) is 0 Å². The number of ether oxygens (including phenoxy) is 2. The van der Waals surface area contributed by atoms with E-state index in [-0.39, 0.29) is 17.5 Å². The zero-order valence-corrected chi connectivity index (χ0v) is 13.5. The van der Waals surface area contributed by atoms with Gasteiger partial charge in [0.1, 0.15) is 0 Å². The summed E-state index contributed by atoms with van der Waals surface area (Å²) in [5, 5.41) is 0. The fraction of sp³-hybridized carbons (Fsp3) is 0.636. The second-order valence-electron chi connectivity index (χ2n) is 3.93. The zero-order chi connectivity index (χ0) is 14.5. The number of methoxy groups -OCH3 is 2. The van der Waals surface area contributed by atoms with Crippen molar-refractivity contribution in [3.63, 3.8) is 0 Å². The first kappa shape index (κ1) is 16.9. The van der Waals surface area contributed by atoms with Gasteiger partial charge in [0.05, 0.1) is 23.5 Å². The molecule has 5 nitrogen and oxygen atoms in total. The van der Waals surface area contributed by atoms with Crippen molar-refractivity contribution in [3.05, 3.63) is 15.8 Å². The molecule has 0 saturated heterocycles. The van der Waals surface area contributed by atoms with Crippen molar-refractivity contribution in [2.75, 3.05) is 27.4 Å². The predicted molar refractivity (Wildman–Crippen MR) is 76.5 cm³/mol. The number of hydrogen-bond donors (Lipinski definition) is 1. The van der Waals surface area contributed by atoms with Crippen molar-refractivity contribution in [1.29, 1.82) is 0 Å². The van der Waals surface area contributed by atoms with Gasteiger partial charge in [-0.2, -0.15) is 0 Å². The van der Waals surface area contributed by atoms with Gasteiger partial charge in [-0.25, -0.2) is 13.1 Å². The molecular formula is C11H18ClNO4S2. The molecule has 1 aromatic rings. The molecule has 1 atom stereocenters. The number of sulfonamides is 1. The maximum Gasteiger partial charge on any atom is 0.241 e. The SMILES string of the molecule is COCC(CNS(=O)(=O)c1cc(CCl)sc1C)OC. The summed E-state index contributed by atoms with van der Waals surface area (Å²) in [6.45, 7) is 2.25. The Balaban J connectivity index is 2.77. The van der Waals surface area contributed by atoms with Gasteiger partial charge in [0.25, 0.3) is 0 Å². The van der Waals surface area contributed by atoms with E-state index >= 15 is 0 Å². The highest BCUT2D eigenvalue weighted by molar-refractivity contribution is 7.89. The number of hydrogen-bond acceptors (Lipinski definition) is 5. The molecule has 0 spiro atoms. The summed E-state index contributed by atoms with van der Waals surface area (Å²) in [6, 6.07) is 1.60. The monoisotopic (exact) mass is 327 g/mol. The average Bonchev–Trinajstić information content (AvgIpc) is 2.76. The minimum Gasteiger partial charge on any atom is -0.382 e. The summed E-state index contributed by atoms with van der Waals surface area (Å²) in [7, 11) is -0.486. The summed E-state index contributed by atoms with van der Waals surface area (Å²) in [5.74, 6) is 0.311. The van der Waals surface area contributed by atoms with Crippen LogP contribution in [0, 0.1) is 6.92 Å². The van der Waals surface area contributed by atoms with Crippen LogP contribution in [0.5, 0.6) is 0 Å². The molecule has 1 rings (SSSR count). The third-order valence-corrected chi connectivity index (χ3v) is 5.71. The Kier molecular flexibility index (Phi) is 6.72. The molecule has 0 saturated carbocycles. The van der Waals surface area contributed by atoms with Gasteiger partial charge in [-0.1, -0.05) is 0 Å². The van der Waals surface area contributed by atoms with Crippen molar-refractivity contribution in [3.8, 4) is 0 Å². The fourth-order valence-electron chi connectivity index (χ4n) is 1.53. The predicted octanol–water partition coefficient (Wildman–Crippen LogP) is 1.74. The van der Waals surface area contributed by atoms with E-state index in [4.69, 9.17) is 21.1 Å². The molecule has 0 aliphatic heterocycles. The Bertz CT molecular complexity index is 501. The molecule has 0 radical (unpaired) electrons. The normalized spacial score (nSPS) is 13.7. The fourth-order valence-corrected chi connectivity index (χ4v) is 4.32. The van der Waals surface area contributed by atoms with Crippen LogP contribution in [0.1, 0.15) is 9.75 Å². The lowest BCUT2D eigenvalue weighted by Crippen LogP contribution is -2.35. The minimum atomic E-state index is -3.54. The third kappa shape index (κ3) is 4.70. The average molecular weight is 328 g/mol. The second kappa shape index (κ2) is 7.56. The number of aryl methyl sites for hydroxylation is 1. The Labute approximate surface area is 122 Å². The van der Waals surface area contributed by atoms with E-state index in [1.54, 1.807) is 13.0 Å². The smallest absolute Gasteiger partial charge is 0.241 e. The second-order valence-corrected chi connectivity index (χ2v) is 7.28. The van der Waals surface area contributed by atoms with E-state index < -0.39 is 10.0 Å². The first-order chi connectivity index (χ1) is 8.94. The van der Waals surface area contributed by atoms with Crippen LogP contribution in [0.2, 0.25) is 0 Å². The number of thiophene rings is 1. The van der Waals surface area contributed by atoms with Gasteiger partial charge < -0.3 is 9.47 Å². The summed E-state index contributed by atoms with van der Waals surface area (Å²) in [5.41, 5.74) is 0. The molecular weight excluding hydrogens is 310 g/mol. The molecule has 19 heavy (non-hydrogen) atoms. The van der Waals surface area contributed by atoms with Crippen molar-refractivity contribution in [1.82, 2.24) is 4.72 Å². The molecule has 1 heterocycles. The minimum absolute atomic E-state index is 0.165. The molecule has 0 aliphatic rings. The van der Waals surface area contributed by atoms with Crippen LogP contribution in [-0.2, 0) is 25.4 Å². The van der Waals surface area contributed by atoms with Gasteiger partial charge in [0, 0.05) is 30.5 Å². The topological polar surface area (TPSA) is 64.6 Å². The number of alkyl halides is 1. The van der Waals surface area contributed by atoms with E-state index in [1.165, 1.54) is 25.6 Å². The molecule has 0 bridgehead atoms. The molecule has 8 heteroatoms. The van der Waals surface area contributed by atoms with Crippen LogP contribution >= 0.6 is 22.9 Å². The van der Waals surface area contributed by atoms with Crippen molar-refractivity contribution < 1.29 is 17.9 Å². The van der Waals surface area contributed by atoms with Crippen LogP contribution in [0.4, 0.5) is 0 Å². The van der Waals surface area contributed by atoms with Crippen LogP contribution in [-0.4, -0.2) is 41.9 Å². The lowest BCUT2D eigenvalue weighted by molar-refractivity contribution is 0.0320. The Morgan fingerprint density at radius 3 is 2.63 bits per heavy atom. The quantitative estimate of drug-likeness (QED) is 0.739. The number of nitrogens with one attached hydrogen (secondary N) is 1. The Morgan fingerprint density at radius 2 is 2.16 bits per heavy atom. The van der Waals surface area contributed by atoms with E-state index in [9.17, 15) is 8.42 Å². The largest absolute Gasteiger partial charge is 0.382 e. The van der Waals surface area contributed by atoms with Gasteiger partial charge in [-0.15, -0.1) is 22.9 Å². The van der Waals surface area contributed by atoms with E-state index in [1.807, 2.05) is 0 Å². The zero-order valence-electron chi connectivity index (χ0n) is 11.1. The Morgan fingerprint density at radius 1 is 1.47 bits per heavy atom. The summed E-state index contributed by atoms with van der Waals surface area (Å²) < 4.78 is 36.9. The highest BCUT2D eigenvalue weighted by Gasteiger charge is 2.21. The van der Waals surface area contributed by atoms with E-state index in [0.29, 0.717) is 12.5 Å². The molecule has 1 unspecified atom stereocenters. The summed E-state index contributed by atoms with van der Waals surface area (Å²) >= 11 is 7.10.